The van der Waals surface area contributed by atoms with Crippen molar-refractivity contribution in [1.82, 2.24) is 19.9 Å². The number of halogens is 1. The van der Waals surface area contributed by atoms with Crippen LogP contribution in [0.2, 0.25) is 5.28 Å². The predicted octanol–water partition coefficient (Wildman–Crippen LogP) is 3.22. The van der Waals surface area contributed by atoms with E-state index in [1.807, 2.05) is 37.3 Å². The van der Waals surface area contributed by atoms with E-state index in [1.54, 1.807) is 6.20 Å². The van der Waals surface area contributed by atoms with Crippen molar-refractivity contribution in [1.29, 1.82) is 0 Å². The maximum absolute atomic E-state index is 5.85. The standard InChI is InChI=1S/C14H12ClN5O/c1-2-21-14-19-12(15)18-13(20-14)17-10-5-6-11-9(8-10)4-3-7-16-11/h3-8H,2H2,1H3,(H,17,18,19,20). The van der Waals surface area contributed by atoms with Gasteiger partial charge in [0.1, 0.15) is 0 Å². The van der Waals surface area contributed by atoms with Crippen LogP contribution >= 0.6 is 11.6 Å². The van der Waals surface area contributed by atoms with E-state index in [4.69, 9.17) is 16.3 Å². The van der Waals surface area contributed by atoms with E-state index in [-0.39, 0.29) is 11.3 Å². The molecule has 2 heterocycles. The third kappa shape index (κ3) is 3.17. The molecule has 0 bridgehead atoms. The Kier molecular flexibility index (Phi) is 3.79. The van der Waals surface area contributed by atoms with Crippen molar-refractivity contribution in [2.24, 2.45) is 0 Å². The molecule has 0 saturated carbocycles. The fourth-order valence-electron chi connectivity index (χ4n) is 1.86. The van der Waals surface area contributed by atoms with Crippen LogP contribution in [0.4, 0.5) is 11.6 Å². The van der Waals surface area contributed by atoms with Crippen molar-refractivity contribution in [3.63, 3.8) is 0 Å². The van der Waals surface area contributed by atoms with Gasteiger partial charge >= 0.3 is 6.01 Å². The molecule has 0 aliphatic heterocycles. The maximum Gasteiger partial charge on any atom is 0.322 e. The van der Waals surface area contributed by atoms with E-state index in [0.717, 1.165) is 16.6 Å². The van der Waals surface area contributed by atoms with Gasteiger partial charge in [0.2, 0.25) is 11.2 Å². The molecule has 3 rings (SSSR count). The van der Waals surface area contributed by atoms with Crippen LogP contribution in [-0.2, 0) is 0 Å². The monoisotopic (exact) mass is 301 g/mol. The summed E-state index contributed by atoms with van der Waals surface area (Å²) in [4.78, 5) is 16.3. The average molecular weight is 302 g/mol. The van der Waals surface area contributed by atoms with E-state index >= 15 is 0 Å². The van der Waals surface area contributed by atoms with Crippen LogP contribution in [0.1, 0.15) is 6.92 Å². The van der Waals surface area contributed by atoms with Gasteiger partial charge in [-0.05, 0) is 42.8 Å². The summed E-state index contributed by atoms with van der Waals surface area (Å²) in [6.45, 7) is 2.31. The molecule has 6 nitrogen and oxygen atoms in total. The highest BCUT2D eigenvalue weighted by molar-refractivity contribution is 6.28. The molecule has 21 heavy (non-hydrogen) atoms. The first-order chi connectivity index (χ1) is 10.2. The molecule has 0 spiro atoms. The number of hydrogen-bond donors (Lipinski definition) is 1. The average Bonchev–Trinajstić information content (AvgIpc) is 2.47. The number of nitrogens with zero attached hydrogens (tertiary/aromatic N) is 4. The fraction of sp³-hybridized carbons (Fsp3) is 0.143. The molecular formula is C14H12ClN5O. The first-order valence-corrected chi connectivity index (χ1v) is 6.78. The van der Waals surface area contributed by atoms with Crippen LogP contribution in [0.15, 0.2) is 36.5 Å². The molecule has 2 aromatic heterocycles. The SMILES string of the molecule is CCOc1nc(Cl)nc(Nc2ccc3ncccc3c2)n1. The molecule has 0 fully saturated rings. The number of nitrogens with one attached hydrogen (secondary N) is 1. The first-order valence-electron chi connectivity index (χ1n) is 6.41. The minimum Gasteiger partial charge on any atom is -0.464 e. The van der Waals surface area contributed by atoms with Gasteiger partial charge in [-0.15, -0.1) is 0 Å². The molecule has 0 atom stereocenters. The lowest BCUT2D eigenvalue weighted by Gasteiger charge is -2.07. The third-order valence-corrected chi connectivity index (χ3v) is 2.89. The zero-order valence-electron chi connectivity index (χ0n) is 11.2. The zero-order valence-corrected chi connectivity index (χ0v) is 12.0. The van der Waals surface area contributed by atoms with Crippen molar-refractivity contribution >= 4 is 34.1 Å². The van der Waals surface area contributed by atoms with Crippen molar-refractivity contribution < 1.29 is 4.74 Å². The molecule has 0 radical (unpaired) electrons. The topological polar surface area (TPSA) is 72.8 Å². The Bertz CT molecular complexity index is 780. The van der Waals surface area contributed by atoms with Crippen LogP contribution in [-0.4, -0.2) is 26.5 Å². The second kappa shape index (κ2) is 5.88. The minimum absolute atomic E-state index is 0.0819. The third-order valence-electron chi connectivity index (χ3n) is 2.72. The van der Waals surface area contributed by atoms with E-state index < -0.39 is 0 Å². The van der Waals surface area contributed by atoms with Gasteiger partial charge in [-0.1, -0.05) is 6.07 Å². The Morgan fingerprint density at radius 3 is 2.95 bits per heavy atom. The minimum atomic E-state index is 0.0819. The Balaban J connectivity index is 1.90. The smallest absolute Gasteiger partial charge is 0.322 e. The molecule has 0 aliphatic rings. The van der Waals surface area contributed by atoms with Gasteiger partial charge in [0.15, 0.2) is 0 Å². The van der Waals surface area contributed by atoms with E-state index in [1.165, 1.54) is 0 Å². The summed E-state index contributed by atoms with van der Waals surface area (Å²) in [5.74, 6) is 0.335. The first kappa shape index (κ1) is 13.5. The summed E-state index contributed by atoms with van der Waals surface area (Å²) in [5, 5.41) is 4.18. The second-order valence-corrected chi connectivity index (χ2v) is 4.52. The highest BCUT2D eigenvalue weighted by Crippen LogP contribution is 2.20. The molecule has 7 heteroatoms. The largest absolute Gasteiger partial charge is 0.464 e. The molecule has 1 aromatic carbocycles. The van der Waals surface area contributed by atoms with Crippen molar-refractivity contribution in [3.05, 3.63) is 41.8 Å². The van der Waals surface area contributed by atoms with Crippen molar-refractivity contribution in [3.8, 4) is 6.01 Å². The Hall–Kier alpha value is -2.47. The Morgan fingerprint density at radius 1 is 1.19 bits per heavy atom. The molecule has 0 amide bonds. The summed E-state index contributed by atoms with van der Waals surface area (Å²) < 4.78 is 5.24. The molecule has 0 aliphatic carbocycles. The van der Waals surface area contributed by atoms with Gasteiger partial charge in [-0.25, -0.2) is 0 Å². The lowest BCUT2D eigenvalue weighted by Crippen LogP contribution is -2.03. The number of rotatable bonds is 4. The summed E-state index contributed by atoms with van der Waals surface area (Å²) in [6, 6.07) is 9.85. The number of fused-ring (bicyclic) bond motifs is 1. The Labute approximate surface area is 126 Å². The maximum atomic E-state index is 5.85. The number of anilines is 2. The highest BCUT2D eigenvalue weighted by atomic mass is 35.5. The molecule has 1 N–H and O–H groups in total. The molecular weight excluding hydrogens is 290 g/mol. The summed E-state index contributed by atoms with van der Waals surface area (Å²) in [6.07, 6.45) is 1.76. The Morgan fingerprint density at radius 2 is 2.10 bits per heavy atom. The van der Waals surface area contributed by atoms with Gasteiger partial charge in [-0.3, -0.25) is 4.98 Å². The highest BCUT2D eigenvalue weighted by Gasteiger charge is 2.06. The second-order valence-electron chi connectivity index (χ2n) is 4.18. The van der Waals surface area contributed by atoms with Crippen LogP contribution in [0.3, 0.4) is 0 Å². The van der Waals surface area contributed by atoms with Crippen LogP contribution in [0.5, 0.6) is 6.01 Å². The number of aromatic nitrogens is 4. The van der Waals surface area contributed by atoms with Gasteiger partial charge in [0.05, 0.1) is 12.1 Å². The number of hydrogen-bond acceptors (Lipinski definition) is 6. The quantitative estimate of drug-likeness (QED) is 0.797. The lowest BCUT2D eigenvalue weighted by atomic mass is 10.2. The van der Waals surface area contributed by atoms with Gasteiger partial charge < -0.3 is 10.1 Å². The van der Waals surface area contributed by atoms with Crippen LogP contribution in [0.25, 0.3) is 10.9 Å². The van der Waals surface area contributed by atoms with Gasteiger partial charge in [-0.2, -0.15) is 15.0 Å². The normalized spacial score (nSPS) is 10.6. The number of benzene rings is 1. The van der Waals surface area contributed by atoms with Crippen molar-refractivity contribution in [2.45, 2.75) is 6.92 Å². The van der Waals surface area contributed by atoms with E-state index in [2.05, 4.69) is 25.3 Å². The zero-order chi connectivity index (χ0) is 14.7. The van der Waals surface area contributed by atoms with Crippen LogP contribution in [0, 0.1) is 0 Å². The number of ether oxygens (including phenoxy) is 1. The van der Waals surface area contributed by atoms with Crippen molar-refractivity contribution in [2.75, 3.05) is 11.9 Å². The summed E-state index contributed by atoms with van der Waals surface area (Å²) in [5.41, 5.74) is 1.76. The molecule has 3 aromatic rings. The predicted molar refractivity (Wildman–Crippen MR) is 81.0 cm³/mol. The van der Waals surface area contributed by atoms with Gasteiger partial charge in [0, 0.05) is 17.3 Å². The fourth-order valence-corrected chi connectivity index (χ4v) is 2.02. The van der Waals surface area contributed by atoms with E-state index in [9.17, 15) is 0 Å². The summed E-state index contributed by atoms with van der Waals surface area (Å²) >= 11 is 5.85. The number of pyridine rings is 1. The van der Waals surface area contributed by atoms with E-state index in [0.29, 0.717) is 12.6 Å². The van der Waals surface area contributed by atoms with Crippen LogP contribution < -0.4 is 10.1 Å². The molecule has 0 saturated heterocycles. The summed E-state index contributed by atoms with van der Waals surface area (Å²) in [7, 11) is 0. The molecule has 0 unspecified atom stereocenters. The lowest BCUT2D eigenvalue weighted by molar-refractivity contribution is 0.312. The molecule has 106 valence electrons. The van der Waals surface area contributed by atoms with Gasteiger partial charge in [0.25, 0.3) is 0 Å².